The van der Waals surface area contributed by atoms with Gasteiger partial charge in [0, 0.05) is 11.5 Å². The fraction of sp³-hybridized carbons (Fsp3) is 0.381. The maximum Gasteiger partial charge on any atom is 0.251 e. The van der Waals surface area contributed by atoms with Crippen LogP contribution >= 0.6 is 11.3 Å². The Labute approximate surface area is 177 Å². The van der Waals surface area contributed by atoms with Gasteiger partial charge in [-0.1, -0.05) is 0 Å². The van der Waals surface area contributed by atoms with E-state index < -0.39 is 5.91 Å². The molecule has 3 heterocycles. The number of hydrogen-bond acceptors (Lipinski definition) is 7. The zero-order chi connectivity index (χ0) is 21.1. The zero-order valence-corrected chi connectivity index (χ0v) is 17.2. The summed E-state index contributed by atoms with van der Waals surface area (Å²) in [6.45, 7) is 2.52. The topological polar surface area (TPSA) is 111 Å². The third-order valence-electron chi connectivity index (χ3n) is 5.34. The zero-order valence-electron chi connectivity index (χ0n) is 16.4. The molecule has 2 aliphatic heterocycles. The number of carbonyl (C=O) groups is 3. The van der Waals surface area contributed by atoms with E-state index in [0.717, 1.165) is 0 Å². The number of Topliss-reactive ketones (excluding diaryl/α,β-unsaturated/α-hetero) is 1. The molecule has 158 valence electrons. The SMILES string of the molecule is NC(=O)c1ccsc1NC(=O)CN1CCC(C(=O)c2ccc3c(c2)OCCO3)CC1. The fourth-order valence-electron chi connectivity index (χ4n) is 3.75. The van der Waals surface area contributed by atoms with Crippen molar-refractivity contribution >= 4 is 33.9 Å². The summed E-state index contributed by atoms with van der Waals surface area (Å²) in [6, 6.07) is 6.92. The molecule has 2 aliphatic rings. The fourth-order valence-corrected chi connectivity index (χ4v) is 4.56. The number of rotatable bonds is 6. The molecule has 0 atom stereocenters. The number of primary amides is 1. The Morgan fingerprint density at radius 2 is 1.83 bits per heavy atom. The van der Waals surface area contributed by atoms with Crippen LogP contribution in [0.5, 0.6) is 11.5 Å². The minimum Gasteiger partial charge on any atom is -0.486 e. The molecule has 1 aromatic heterocycles. The minimum atomic E-state index is -0.565. The second-order valence-electron chi connectivity index (χ2n) is 7.35. The van der Waals surface area contributed by atoms with E-state index in [9.17, 15) is 14.4 Å². The van der Waals surface area contributed by atoms with Crippen LogP contribution in [0.25, 0.3) is 0 Å². The number of ether oxygens (including phenoxy) is 2. The smallest absolute Gasteiger partial charge is 0.251 e. The van der Waals surface area contributed by atoms with E-state index in [1.807, 2.05) is 4.90 Å². The molecule has 0 spiro atoms. The molecule has 0 aliphatic carbocycles. The second kappa shape index (κ2) is 8.85. The van der Waals surface area contributed by atoms with Crippen molar-refractivity contribution in [1.29, 1.82) is 0 Å². The van der Waals surface area contributed by atoms with Gasteiger partial charge in [-0.25, -0.2) is 0 Å². The number of nitrogens with one attached hydrogen (secondary N) is 1. The largest absolute Gasteiger partial charge is 0.486 e. The van der Waals surface area contributed by atoms with Gasteiger partial charge in [0.2, 0.25) is 5.91 Å². The van der Waals surface area contributed by atoms with Crippen LogP contribution in [-0.4, -0.2) is 55.3 Å². The van der Waals surface area contributed by atoms with E-state index in [1.165, 1.54) is 11.3 Å². The Kier molecular flexibility index (Phi) is 6.01. The highest BCUT2D eigenvalue weighted by Gasteiger charge is 2.28. The van der Waals surface area contributed by atoms with Crippen molar-refractivity contribution in [2.45, 2.75) is 12.8 Å². The number of ketones is 1. The van der Waals surface area contributed by atoms with Crippen molar-refractivity contribution in [3.05, 3.63) is 40.8 Å². The van der Waals surface area contributed by atoms with Crippen LogP contribution in [0.4, 0.5) is 5.00 Å². The lowest BCUT2D eigenvalue weighted by atomic mass is 9.88. The Balaban J connectivity index is 1.29. The average Bonchev–Trinajstić information content (AvgIpc) is 3.21. The van der Waals surface area contributed by atoms with Gasteiger partial charge < -0.3 is 20.5 Å². The molecular weight excluding hydrogens is 406 g/mol. The van der Waals surface area contributed by atoms with Crippen molar-refractivity contribution in [3.63, 3.8) is 0 Å². The summed E-state index contributed by atoms with van der Waals surface area (Å²) in [7, 11) is 0. The molecule has 30 heavy (non-hydrogen) atoms. The highest BCUT2D eigenvalue weighted by Crippen LogP contribution is 2.32. The standard InChI is InChI=1S/C21H23N3O5S/c22-20(27)15-5-10-30-21(15)23-18(25)12-24-6-3-13(4-7-24)19(26)14-1-2-16-17(11-14)29-9-8-28-16/h1-2,5,10-11,13H,3-4,6-9,12H2,(H2,22,27)(H,23,25). The van der Waals surface area contributed by atoms with Crippen LogP contribution in [0.3, 0.4) is 0 Å². The Morgan fingerprint density at radius 3 is 2.57 bits per heavy atom. The molecule has 2 amide bonds. The van der Waals surface area contributed by atoms with Crippen LogP contribution < -0.4 is 20.5 Å². The average molecular weight is 429 g/mol. The number of piperidine rings is 1. The van der Waals surface area contributed by atoms with Gasteiger partial charge in [-0.3, -0.25) is 19.3 Å². The van der Waals surface area contributed by atoms with Crippen molar-refractivity contribution in [2.24, 2.45) is 11.7 Å². The van der Waals surface area contributed by atoms with Crippen molar-refractivity contribution in [2.75, 3.05) is 38.2 Å². The van der Waals surface area contributed by atoms with Crippen LogP contribution in [0.15, 0.2) is 29.6 Å². The number of amides is 2. The maximum absolute atomic E-state index is 12.9. The predicted octanol–water partition coefficient (Wildman–Crippen LogP) is 2.15. The Morgan fingerprint density at radius 1 is 1.10 bits per heavy atom. The highest BCUT2D eigenvalue weighted by molar-refractivity contribution is 7.14. The molecule has 2 aromatic rings. The van der Waals surface area contributed by atoms with Crippen molar-refractivity contribution < 1.29 is 23.9 Å². The lowest BCUT2D eigenvalue weighted by Crippen LogP contribution is -2.40. The minimum absolute atomic E-state index is 0.0781. The van der Waals surface area contributed by atoms with E-state index in [4.69, 9.17) is 15.2 Å². The van der Waals surface area contributed by atoms with Crippen LogP contribution in [0.1, 0.15) is 33.6 Å². The van der Waals surface area contributed by atoms with Gasteiger partial charge in [0.1, 0.15) is 18.2 Å². The highest BCUT2D eigenvalue weighted by atomic mass is 32.1. The third-order valence-corrected chi connectivity index (χ3v) is 6.17. The molecule has 1 fully saturated rings. The summed E-state index contributed by atoms with van der Waals surface area (Å²) in [5, 5.41) is 4.93. The Hall–Kier alpha value is -2.91. The van der Waals surface area contributed by atoms with E-state index in [1.54, 1.807) is 29.6 Å². The summed E-state index contributed by atoms with van der Waals surface area (Å²) in [5.74, 6) is 0.543. The molecule has 0 radical (unpaired) electrons. The van der Waals surface area contributed by atoms with E-state index in [-0.39, 0.29) is 24.2 Å². The number of anilines is 1. The number of likely N-dealkylation sites (tertiary alicyclic amines) is 1. The van der Waals surface area contributed by atoms with Crippen molar-refractivity contribution in [1.82, 2.24) is 4.90 Å². The second-order valence-corrected chi connectivity index (χ2v) is 8.27. The number of hydrogen-bond donors (Lipinski definition) is 2. The molecule has 8 nitrogen and oxygen atoms in total. The van der Waals surface area contributed by atoms with Gasteiger partial charge in [-0.05, 0) is 55.6 Å². The molecule has 1 saturated heterocycles. The number of carbonyl (C=O) groups excluding carboxylic acids is 3. The summed E-state index contributed by atoms with van der Waals surface area (Å²) in [6.07, 6.45) is 1.37. The van der Waals surface area contributed by atoms with Crippen LogP contribution in [-0.2, 0) is 4.79 Å². The Bertz CT molecular complexity index is 965. The van der Waals surface area contributed by atoms with Gasteiger partial charge in [0.25, 0.3) is 5.91 Å². The van der Waals surface area contributed by atoms with E-state index in [0.29, 0.717) is 66.8 Å². The molecule has 1 aromatic carbocycles. The first-order valence-electron chi connectivity index (χ1n) is 9.84. The summed E-state index contributed by atoms with van der Waals surface area (Å²) < 4.78 is 11.1. The molecular formula is C21H23N3O5S. The molecule has 4 rings (SSSR count). The van der Waals surface area contributed by atoms with Gasteiger partial charge in [-0.2, -0.15) is 0 Å². The third kappa shape index (κ3) is 4.47. The number of fused-ring (bicyclic) bond motifs is 1. The first-order chi connectivity index (χ1) is 14.5. The van der Waals surface area contributed by atoms with Crippen LogP contribution in [0.2, 0.25) is 0 Å². The normalized spacial score (nSPS) is 16.8. The first-order valence-corrected chi connectivity index (χ1v) is 10.7. The molecule has 9 heteroatoms. The quantitative estimate of drug-likeness (QED) is 0.681. The number of nitrogens with two attached hydrogens (primary N) is 1. The molecule has 0 saturated carbocycles. The van der Waals surface area contributed by atoms with E-state index in [2.05, 4.69) is 5.32 Å². The summed E-state index contributed by atoms with van der Waals surface area (Å²) in [4.78, 5) is 38.6. The monoisotopic (exact) mass is 429 g/mol. The lowest BCUT2D eigenvalue weighted by molar-refractivity contribution is -0.117. The van der Waals surface area contributed by atoms with Gasteiger partial charge in [0.15, 0.2) is 17.3 Å². The van der Waals surface area contributed by atoms with Gasteiger partial charge in [0.05, 0.1) is 12.1 Å². The summed E-state index contributed by atoms with van der Waals surface area (Å²) in [5.41, 5.74) is 6.26. The number of benzene rings is 1. The lowest BCUT2D eigenvalue weighted by Gasteiger charge is -2.30. The molecule has 3 N–H and O–H groups in total. The summed E-state index contributed by atoms with van der Waals surface area (Å²) >= 11 is 1.26. The van der Waals surface area contributed by atoms with Gasteiger partial charge in [-0.15, -0.1) is 11.3 Å². The predicted molar refractivity (Wildman–Crippen MR) is 112 cm³/mol. The van der Waals surface area contributed by atoms with Crippen molar-refractivity contribution in [3.8, 4) is 11.5 Å². The molecule has 0 unspecified atom stereocenters. The number of nitrogens with zero attached hydrogens (tertiary/aromatic N) is 1. The van der Waals surface area contributed by atoms with E-state index >= 15 is 0 Å². The van der Waals surface area contributed by atoms with Gasteiger partial charge >= 0.3 is 0 Å². The number of thiophene rings is 1. The first kappa shape index (κ1) is 20.4. The van der Waals surface area contributed by atoms with Crippen LogP contribution in [0, 0.1) is 5.92 Å². The molecule has 0 bridgehead atoms. The maximum atomic E-state index is 12.9.